The molecule has 0 unspecified atom stereocenters. The Labute approximate surface area is 177 Å². The van der Waals surface area contributed by atoms with E-state index in [4.69, 9.17) is 9.26 Å². The highest BCUT2D eigenvalue weighted by Crippen LogP contribution is 2.17. The summed E-state index contributed by atoms with van der Waals surface area (Å²) in [5.41, 5.74) is 1.05. The third-order valence-electron chi connectivity index (χ3n) is 4.16. The molecule has 11 nitrogen and oxygen atoms in total. The summed E-state index contributed by atoms with van der Waals surface area (Å²) in [6, 6.07) is 6.78. The van der Waals surface area contributed by atoms with Crippen LogP contribution in [0.15, 0.2) is 35.0 Å². The first-order valence-corrected chi connectivity index (χ1v) is 9.59. The number of hydrogen-bond donors (Lipinski definition) is 2. The van der Waals surface area contributed by atoms with Crippen LogP contribution in [0.3, 0.4) is 0 Å². The van der Waals surface area contributed by atoms with Crippen molar-refractivity contribution >= 4 is 23.7 Å². The normalized spacial score (nSPS) is 10.5. The maximum atomic E-state index is 12.4. The lowest BCUT2D eigenvalue weighted by Crippen LogP contribution is -2.27. The fourth-order valence-corrected chi connectivity index (χ4v) is 2.72. The molecule has 0 fully saturated rings. The topological polar surface area (TPSA) is 141 Å². The van der Waals surface area contributed by atoms with Crippen molar-refractivity contribution in [2.75, 3.05) is 18.5 Å². The summed E-state index contributed by atoms with van der Waals surface area (Å²) in [7, 11) is 0. The van der Waals surface area contributed by atoms with E-state index in [9.17, 15) is 14.4 Å². The lowest BCUT2D eigenvalue weighted by atomic mass is 10.1. The summed E-state index contributed by atoms with van der Waals surface area (Å²) < 4.78 is 11.1. The van der Waals surface area contributed by atoms with Gasteiger partial charge in [-0.1, -0.05) is 17.3 Å². The molecule has 3 aromatic rings. The third kappa shape index (κ3) is 5.53. The van der Waals surface area contributed by atoms with E-state index < -0.39 is 6.09 Å². The van der Waals surface area contributed by atoms with Gasteiger partial charge in [-0.2, -0.15) is 4.98 Å². The zero-order valence-electron chi connectivity index (χ0n) is 17.3. The van der Waals surface area contributed by atoms with Gasteiger partial charge in [0, 0.05) is 31.0 Å². The Kier molecular flexibility index (Phi) is 6.75. The van der Waals surface area contributed by atoms with Gasteiger partial charge in [0.25, 0.3) is 5.91 Å². The Morgan fingerprint density at radius 3 is 2.71 bits per heavy atom. The van der Waals surface area contributed by atoms with Crippen LogP contribution < -0.4 is 10.6 Å². The number of nitrogens with one attached hydrogen (secondary N) is 2. The van der Waals surface area contributed by atoms with Gasteiger partial charge in [-0.3, -0.25) is 9.59 Å². The molecule has 0 saturated carbocycles. The molecule has 0 radical (unpaired) electrons. The van der Waals surface area contributed by atoms with Gasteiger partial charge in [0.2, 0.25) is 17.6 Å². The highest BCUT2D eigenvalue weighted by Gasteiger charge is 2.14. The number of hydrogen-bond acceptors (Lipinski definition) is 8. The molecule has 1 aromatic carbocycles. The highest BCUT2D eigenvalue weighted by molar-refractivity contribution is 5.96. The van der Waals surface area contributed by atoms with E-state index in [0.29, 0.717) is 28.7 Å². The summed E-state index contributed by atoms with van der Waals surface area (Å²) >= 11 is 0. The van der Waals surface area contributed by atoms with Gasteiger partial charge in [0.1, 0.15) is 5.82 Å². The third-order valence-corrected chi connectivity index (χ3v) is 4.16. The SMILES string of the molecule is CCOC(=O)n1cc(NC(=O)CCNC(=O)c2cccc(-c3noc(C)n3)c2)nc1C. The minimum atomic E-state index is -0.571. The van der Waals surface area contributed by atoms with Crippen molar-refractivity contribution in [1.82, 2.24) is 25.0 Å². The maximum Gasteiger partial charge on any atom is 0.419 e. The number of amides is 2. The fourth-order valence-electron chi connectivity index (χ4n) is 2.72. The van der Waals surface area contributed by atoms with Crippen molar-refractivity contribution < 1.29 is 23.6 Å². The second-order valence-electron chi connectivity index (χ2n) is 6.51. The van der Waals surface area contributed by atoms with Crippen molar-refractivity contribution in [3.63, 3.8) is 0 Å². The Morgan fingerprint density at radius 2 is 2.00 bits per heavy atom. The molecule has 2 aromatic heterocycles. The van der Waals surface area contributed by atoms with Crippen molar-refractivity contribution in [3.8, 4) is 11.4 Å². The van der Waals surface area contributed by atoms with E-state index in [1.165, 1.54) is 10.8 Å². The van der Waals surface area contributed by atoms with Gasteiger partial charge in [-0.05, 0) is 26.0 Å². The molecule has 0 atom stereocenters. The zero-order valence-corrected chi connectivity index (χ0v) is 17.3. The van der Waals surface area contributed by atoms with Crippen LogP contribution in [0.25, 0.3) is 11.4 Å². The van der Waals surface area contributed by atoms with Crippen LogP contribution in [-0.4, -0.2) is 50.8 Å². The van der Waals surface area contributed by atoms with Gasteiger partial charge in [-0.25, -0.2) is 14.3 Å². The number of imidazole rings is 1. The van der Waals surface area contributed by atoms with E-state index in [2.05, 4.69) is 25.8 Å². The van der Waals surface area contributed by atoms with Crippen LogP contribution in [-0.2, 0) is 9.53 Å². The molecule has 0 aliphatic heterocycles. The number of anilines is 1. The minimum absolute atomic E-state index is 0.0286. The molecule has 31 heavy (non-hydrogen) atoms. The minimum Gasteiger partial charge on any atom is -0.449 e. The van der Waals surface area contributed by atoms with E-state index >= 15 is 0 Å². The van der Waals surface area contributed by atoms with E-state index in [-0.39, 0.29) is 37.2 Å². The predicted molar refractivity (Wildman–Crippen MR) is 109 cm³/mol. The second kappa shape index (κ2) is 9.65. The quantitative estimate of drug-likeness (QED) is 0.586. The summed E-state index contributed by atoms with van der Waals surface area (Å²) in [4.78, 5) is 44.6. The van der Waals surface area contributed by atoms with Crippen LogP contribution in [0, 0.1) is 13.8 Å². The van der Waals surface area contributed by atoms with Crippen molar-refractivity contribution in [1.29, 1.82) is 0 Å². The van der Waals surface area contributed by atoms with Gasteiger partial charge in [0.15, 0.2) is 5.82 Å². The van der Waals surface area contributed by atoms with Gasteiger partial charge in [-0.15, -0.1) is 0 Å². The fraction of sp³-hybridized carbons (Fsp3) is 0.300. The lowest BCUT2D eigenvalue weighted by Gasteiger charge is -2.06. The van der Waals surface area contributed by atoms with E-state index in [1.54, 1.807) is 45.0 Å². The molecule has 2 heterocycles. The first-order valence-electron chi connectivity index (χ1n) is 9.59. The smallest absolute Gasteiger partial charge is 0.419 e. The molecule has 162 valence electrons. The molecule has 0 aliphatic rings. The molecule has 0 saturated heterocycles. The molecule has 11 heteroatoms. The Hall–Kier alpha value is -4.02. The first-order chi connectivity index (χ1) is 14.9. The summed E-state index contributed by atoms with van der Waals surface area (Å²) in [5, 5.41) is 9.11. The van der Waals surface area contributed by atoms with Crippen molar-refractivity contribution in [2.24, 2.45) is 0 Å². The number of nitrogens with zero attached hydrogens (tertiary/aromatic N) is 4. The second-order valence-corrected chi connectivity index (χ2v) is 6.51. The maximum absolute atomic E-state index is 12.4. The molecule has 0 spiro atoms. The van der Waals surface area contributed by atoms with Crippen LogP contribution in [0.2, 0.25) is 0 Å². The van der Waals surface area contributed by atoms with Crippen molar-refractivity contribution in [2.45, 2.75) is 27.2 Å². The standard InChI is InChI=1S/C20H22N6O5/c1-4-30-20(29)26-11-16(22-12(26)2)24-17(27)8-9-21-19(28)15-7-5-6-14(10-15)18-23-13(3)31-25-18/h5-7,10-11H,4,8-9H2,1-3H3,(H,21,28)(H,24,27). The zero-order chi connectivity index (χ0) is 22.4. The molecule has 2 N–H and O–H groups in total. The largest absolute Gasteiger partial charge is 0.449 e. The molecule has 2 amide bonds. The van der Waals surface area contributed by atoms with Crippen LogP contribution in [0.1, 0.15) is 35.4 Å². The number of rotatable bonds is 7. The summed E-state index contributed by atoms with van der Waals surface area (Å²) in [5.74, 6) is 0.744. The molecule has 0 aliphatic carbocycles. The van der Waals surface area contributed by atoms with Gasteiger partial charge in [0.05, 0.1) is 12.8 Å². The van der Waals surface area contributed by atoms with Crippen LogP contribution in [0.5, 0.6) is 0 Å². The molecule has 0 bridgehead atoms. The molecular weight excluding hydrogens is 404 g/mol. The number of ether oxygens (including phenoxy) is 1. The number of aryl methyl sites for hydroxylation is 2. The number of carbonyl (C=O) groups excluding carboxylic acids is 3. The number of carbonyl (C=O) groups is 3. The van der Waals surface area contributed by atoms with Crippen LogP contribution >= 0.6 is 0 Å². The average Bonchev–Trinajstić information content (AvgIpc) is 3.33. The summed E-state index contributed by atoms with van der Waals surface area (Å²) in [6.07, 6.45) is 0.842. The van der Waals surface area contributed by atoms with Gasteiger partial charge < -0.3 is 19.9 Å². The summed E-state index contributed by atoms with van der Waals surface area (Å²) in [6.45, 7) is 5.35. The molecule has 3 rings (SSSR count). The molecular formula is C20H22N6O5. The Balaban J connectivity index is 1.51. The predicted octanol–water partition coefficient (Wildman–Crippen LogP) is 2.31. The Bertz CT molecular complexity index is 1100. The van der Waals surface area contributed by atoms with E-state index in [0.717, 1.165) is 0 Å². The monoisotopic (exact) mass is 426 g/mol. The number of benzene rings is 1. The number of aromatic nitrogens is 4. The van der Waals surface area contributed by atoms with Crippen molar-refractivity contribution in [3.05, 3.63) is 47.7 Å². The van der Waals surface area contributed by atoms with E-state index in [1.807, 2.05) is 0 Å². The highest BCUT2D eigenvalue weighted by atomic mass is 16.5. The first kappa shape index (κ1) is 21.7. The van der Waals surface area contributed by atoms with Crippen LogP contribution in [0.4, 0.5) is 10.6 Å². The Morgan fingerprint density at radius 1 is 1.19 bits per heavy atom. The average molecular weight is 426 g/mol. The van der Waals surface area contributed by atoms with Gasteiger partial charge >= 0.3 is 6.09 Å². The lowest BCUT2D eigenvalue weighted by molar-refractivity contribution is -0.116.